The van der Waals surface area contributed by atoms with Crippen molar-refractivity contribution in [2.45, 2.75) is 84.0 Å². The Balaban J connectivity index is 1.47. The Kier molecular flexibility index (Phi) is 8.40. The zero-order valence-corrected chi connectivity index (χ0v) is 18.0. The van der Waals surface area contributed by atoms with E-state index in [4.69, 9.17) is 0 Å². The van der Waals surface area contributed by atoms with Gasteiger partial charge in [0.1, 0.15) is 0 Å². The molecule has 0 N–H and O–H groups in total. The molecule has 1 aliphatic rings. The van der Waals surface area contributed by atoms with Gasteiger partial charge in [-0.1, -0.05) is 93.8 Å². The van der Waals surface area contributed by atoms with Crippen LogP contribution in [0.15, 0.2) is 54.6 Å². The maximum Gasteiger partial charge on any atom is -0.0162 e. The highest BCUT2D eigenvalue weighted by molar-refractivity contribution is 5.49. The van der Waals surface area contributed by atoms with Crippen LogP contribution in [0, 0.1) is 5.92 Å². The standard InChI is InChI=1S/C28H38/c1-3-5-6-8-24-9-11-25(12-10-24)13-14-26-17-21-28(22-18-26)27-19-15-23(7-4-2)16-20-27/h6,8-12,17-18,21-23,27H,3-5,7,13-16,19-20H2,1-2H3/b8-6+. The van der Waals surface area contributed by atoms with E-state index in [1.165, 1.54) is 61.6 Å². The fraction of sp³-hybridized carbons (Fsp3) is 0.500. The van der Waals surface area contributed by atoms with Gasteiger partial charge in [-0.2, -0.15) is 0 Å². The summed E-state index contributed by atoms with van der Waals surface area (Å²) in [4.78, 5) is 0. The van der Waals surface area contributed by atoms with Crippen LogP contribution in [0.3, 0.4) is 0 Å². The lowest BCUT2D eigenvalue weighted by molar-refractivity contribution is 0.308. The fourth-order valence-corrected chi connectivity index (χ4v) is 4.62. The van der Waals surface area contributed by atoms with E-state index in [1.807, 2.05) is 0 Å². The molecule has 0 aromatic heterocycles. The number of hydrogen-bond acceptors (Lipinski definition) is 0. The van der Waals surface area contributed by atoms with Gasteiger partial charge in [0, 0.05) is 0 Å². The summed E-state index contributed by atoms with van der Waals surface area (Å²) in [6.07, 6.45) is 17.6. The highest BCUT2D eigenvalue weighted by atomic mass is 14.3. The molecular weight excluding hydrogens is 336 g/mol. The minimum atomic E-state index is 0.801. The van der Waals surface area contributed by atoms with E-state index in [-0.39, 0.29) is 0 Å². The van der Waals surface area contributed by atoms with Gasteiger partial charge >= 0.3 is 0 Å². The molecule has 0 radical (unpaired) electrons. The Morgan fingerprint density at radius 3 is 1.93 bits per heavy atom. The van der Waals surface area contributed by atoms with E-state index in [9.17, 15) is 0 Å². The van der Waals surface area contributed by atoms with E-state index >= 15 is 0 Å². The summed E-state index contributed by atoms with van der Waals surface area (Å²) in [5.74, 6) is 1.80. The van der Waals surface area contributed by atoms with Crippen LogP contribution in [0.25, 0.3) is 6.08 Å². The topological polar surface area (TPSA) is 0 Å². The summed E-state index contributed by atoms with van der Waals surface area (Å²) in [5.41, 5.74) is 5.79. The Labute approximate surface area is 173 Å². The van der Waals surface area contributed by atoms with Crippen molar-refractivity contribution in [1.82, 2.24) is 0 Å². The summed E-state index contributed by atoms with van der Waals surface area (Å²) in [6, 6.07) is 18.6. The zero-order chi connectivity index (χ0) is 19.6. The predicted octanol–water partition coefficient (Wildman–Crippen LogP) is 8.36. The lowest BCUT2D eigenvalue weighted by Crippen LogP contribution is -2.13. The molecule has 1 saturated carbocycles. The molecule has 0 amide bonds. The summed E-state index contributed by atoms with van der Waals surface area (Å²) < 4.78 is 0. The van der Waals surface area contributed by atoms with Crippen molar-refractivity contribution in [3.63, 3.8) is 0 Å². The zero-order valence-electron chi connectivity index (χ0n) is 18.0. The smallest absolute Gasteiger partial charge is 0.0162 e. The molecule has 0 heteroatoms. The van der Waals surface area contributed by atoms with Gasteiger partial charge in [-0.15, -0.1) is 0 Å². The second-order valence-corrected chi connectivity index (χ2v) is 8.68. The molecular formula is C28H38. The molecule has 0 spiro atoms. The Morgan fingerprint density at radius 2 is 1.36 bits per heavy atom. The Morgan fingerprint density at radius 1 is 0.750 bits per heavy atom. The fourth-order valence-electron chi connectivity index (χ4n) is 4.62. The van der Waals surface area contributed by atoms with E-state index in [0.717, 1.165) is 31.1 Å². The molecule has 0 bridgehead atoms. The van der Waals surface area contributed by atoms with Gasteiger partial charge in [-0.3, -0.25) is 0 Å². The van der Waals surface area contributed by atoms with E-state index in [2.05, 4.69) is 74.5 Å². The molecule has 3 rings (SSSR count). The van der Waals surface area contributed by atoms with Crippen molar-refractivity contribution < 1.29 is 0 Å². The van der Waals surface area contributed by atoms with Gasteiger partial charge in [0.05, 0.1) is 0 Å². The first kappa shape index (κ1) is 20.9. The van der Waals surface area contributed by atoms with Crippen LogP contribution in [-0.2, 0) is 12.8 Å². The van der Waals surface area contributed by atoms with Gasteiger partial charge < -0.3 is 0 Å². The van der Waals surface area contributed by atoms with Crippen molar-refractivity contribution in [3.8, 4) is 0 Å². The largest absolute Gasteiger partial charge is 0.0840 e. The van der Waals surface area contributed by atoms with Crippen LogP contribution in [0.4, 0.5) is 0 Å². The molecule has 2 aromatic rings. The minimum absolute atomic E-state index is 0.801. The molecule has 0 aliphatic heterocycles. The van der Waals surface area contributed by atoms with E-state index in [1.54, 1.807) is 5.56 Å². The SMILES string of the molecule is CCC/C=C/c1ccc(CCc2ccc(C3CCC(CCC)CC3)cc2)cc1. The molecule has 0 unspecified atom stereocenters. The monoisotopic (exact) mass is 374 g/mol. The van der Waals surface area contributed by atoms with E-state index in [0.29, 0.717) is 0 Å². The maximum absolute atomic E-state index is 2.40. The van der Waals surface area contributed by atoms with Crippen LogP contribution in [0.1, 0.15) is 93.4 Å². The molecule has 0 heterocycles. The molecule has 1 aliphatic carbocycles. The normalized spacial score (nSPS) is 19.9. The van der Waals surface area contributed by atoms with Crippen LogP contribution in [0.5, 0.6) is 0 Å². The number of hydrogen-bond donors (Lipinski definition) is 0. The van der Waals surface area contributed by atoms with Crippen LogP contribution >= 0.6 is 0 Å². The summed E-state index contributed by atoms with van der Waals surface area (Å²) in [7, 11) is 0. The number of aryl methyl sites for hydroxylation is 2. The number of allylic oxidation sites excluding steroid dienone is 1. The molecule has 0 nitrogen and oxygen atoms in total. The second-order valence-electron chi connectivity index (χ2n) is 8.68. The highest BCUT2D eigenvalue weighted by Gasteiger charge is 2.21. The van der Waals surface area contributed by atoms with Crippen molar-refractivity contribution in [2.75, 3.05) is 0 Å². The number of benzene rings is 2. The first-order valence-electron chi connectivity index (χ1n) is 11.6. The van der Waals surface area contributed by atoms with Gasteiger partial charge in [0.2, 0.25) is 0 Å². The molecule has 28 heavy (non-hydrogen) atoms. The summed E-state index contributed by atoms with van der Waals surface area (Å²) >= 11 is 0. The predicted molar refractivity (Wildman–Crippen MR) is 124 cm³/mol. The third-order valence-electron chi connectivity index (χ3n) is 6.44. The van der Waals surface area contributed by atoms with Gasteiger partial charge in [0.15, 0.2) is 0 Å². The van der Waals surface area contributed by atoms with Crippen molar-refractivity contribution in [1.29, 1.82) is 0 Å². The summed E-state index contributed by atoms with van der Waals surface area (Å²) in [6.45, 7) is 4.54. The average Bonchev–Trinajstić information content (AvgIpc) is 2.75. The minimum Gasteiger partial charge on any atom is -0.0840 e. The van der Waals surface area contributed by atoms with Crippen molar-refractivity contribution in [3.05, 3.63) is 76.9 Å². The second kappa shape index (κ2) is 11.2. The lowest BCUT2D eigenvalue weighted by Gasteiger charge is -2.28. The lowest BCUT2D eigenvalue weighted by atomic mass is 9.77. The first-order chi connectivity index (χ1) is 13.8. The third-order valence-corrected chi connectivity index (χ3v) is 6.44. The average molecular weight is 375 g/mol. The summed E-state index contributed by atoms with van der Waals surface area (Å²) in [5, 5.41) is 0. The maximum atomic E-state index is 2.40. The van der Waals surface area contributed by atoms with Gasteiger partial charge in [-0.25, -0.2) is 0 Å². The van der Waals surface area contributed by atoms with Crippen LogP contribution < -0.4 is 0 Å². The molecule has 1 fully saturated rings. The van der Waals surface area contributed by atoms with Crippen molar-refractivity contribution in [2.24, 2.45) is 5.92 Å². The highest BCUT2D eigenvalue weighted by Crippen LogP contribution is 2.37. The van der Waals surface area contributed by atoms with E-state index < -0.39 is 0 Å². The van der Waals surface area contributed by atoms with Crippen LogP contribution in [0.2, 0.25) is 0 Å². The third kappa shape index (κ3) is 6.36. The first-order valence-corrected chi connectivity index (χ1v) is 11.6. The number of rotatable bonds is 9. The molecule has 0 saturated heterocycles. The quantitative estimate of drug-likeness (QED) is 0.413. The molecule has 2 aromatic carbocycles. The Bertz CT molecular complexity index is 697. The van der Waals surface area contributed by atoms with Gasteiger partial charge in [0.25, 0.3) is 0 Å². The molecule has 0 atom stereocenters. The van der Waals surface area contributed by atoms with Crippen LogP contribution in [-0.4, -0.2) is 0 Å². The Hall–Kier alpha value is -1.82. The molecule has 150 valence electrons. The number of unbranched alkanes of at least 4 members (excludes halogenated alkanes) is 1. The van der Waals surface area contributed by atoms with Gasteiger partial charge in [-0.05, 0) is 79.0 Å². The van der Waals surface area contributed by atoms with Crippen molar-refractivity contribution >= 4 is 6.08 Å².